The number of ether oxygens (including phenoxy) is 1. The van der Waals surface area contributed by atoms with Crippen molar-refractivity contribution in [3.05, 3.63) is 42.5 Å². The summed E-state index contributed by atoms with van der Waals surface area (Å²) in [5, 5.41) is 18.7. The molecule has 1 heterocycles. The number of thioether (sulfide) groups is 1. The minimum absolute atomic E-state index is 0.253. The molecule has 2 aromatic carbocycles. The van der Waals surface area contributed by atoms with E-state index in [9.17, 15) is 19.0 Å². The molecule has 0 aromatic heterocycles. The SMILES string of the molecule is CCCC[C@]1(CC)CN(c2ccccc2)c2cc(SC)c(OC[C@H](O)C(=O)O)cc2S(O)(O)C1. The number of aliphatic hydroxyl groups is 1. The summed E-state index contributed by atoms with van der Waals surface area (Å²) in [7, 11) is -3.18. The molecule has 7 nitrogen and oxygen atoms in total. The number of unbranched alkanes of at least 4 members (excludes halogenated alkanes) is 1. The van der Waals surface area contributed by atoms with E-state index >= 15 is 0 Å². The van der Waals surface area contributed by atoms with Crippen molar-refractivity contribution < 1.29 is 28.8 Å². The van der Waals surface area contributed by atoms with Gasteiger partial charge in [-0.15, -0.1) is 11.8 Å². The van der Waals surface area contributed by atoms with E-state index < -0.39 is 29.3 Å². The van der Waals surface area contributed by atoms with Gasteiger partial charge in [0.2, 0.25) is 0 Å². The molecule has 34 heavy (non-hydrogen) atoms. The molecule has 0 radical (unpaired) electrons. The van der Waals surface area contributed by atoms with Crippen molar-refractivity contribution in [1.82, 2.24) is 0 Å². The molecule has 0 bridgehead atoms. The van der Waals surface area contributed by atoms with E-state index in [2.05, 4.69) is 18.7 Å². The predicted molar refractivity (Wildman–Crippen MR) is 139 cm³/mol. The third-order valence-electron chi connectivity index (χ3n) is 6.45. The first-order chi connectivity index (χ1) is 16.2. The van der Waals surface area contributed by atoms with Gasteiger partial charge in [-0.25, -0.2) is 4.79 Å². The van der Waals surface area contributed by atoms with E-state index in [1.165, 1.54) is 11.8 Å². The highest BCUT2D eigenvalue weighted by Crippen LogP contribution is 2.62. The molecular formula is C25H35NO6S2. The number of carboxylic acids is 1. The lowest BCUT2D eigenvalue weighted by atomic mass is 9.81. The number of aliphatic carboxylic acids is 1. The van der Waals surface area contributed by atoms with Gasteiger partial charge in [0.15, 0.2) is 6.10 Å². The van der Waals surface area contributed by atoms with Gasteiger partial charge in [0, 0.05) is 29.5 Å². The molecule has 0 spiro atoms. The number of hydrogen-bond donors (Lipinski definition) is 4. The van der Waals surface area contributed by atoms with Gasteiger partial charge < -0.3 is 19.8 Å². The lowest BCUT2D eigenvalue weighted by Crippen LogP contribution is -2.37. The Bertz CT molecular complexity index is 987. The topological polar surface area (TPSA) is 110 Å². The van der Waals surface area contributed by atoms with Crippen LogP contribution >= 0.6 is 22.4 Å². The first-order valence-corrected chi connectivity index (χ1v) is 14.4. The maximum Gasteiger partial charge on any atom is 0.336 e. The fourth-order valence-corrected chi connectivity index (χ4v) is 7.22. The fraction of sp³-hybridized carbons (Fsp3) is 0.480. The van der Waals surface area contributed by atoms with Crippen molar-refractivity contribution >= 4 is 39.7 Å². The molecule has 0 aliphatic carbocycles. The molecule has 2 aromatic rings. The van der Waals surface area contributed by atoms with Gasteiger partial charge in [0.25, 0.3) is 0 Å². The van der Waals surface area contributed by atoms with Gasteiger partial charge in [-0.1, -0.05) is 44.9 Å². The molecule has 1 aliphatic heterocycles. The highest BCUT2D eigenvalue weighted by atomic mass is 32.3. The van der Waals surface area contributed by atoms with Crippen LogP contribution in [0.3, 0.4) is 0 Å². The van der Waals surface area contributed by atoms with Crippen molar-refractivity contribution in [3.8, 4) is 5.75 Å². The maximum absolute atomic E-state index is 11.5. The van der Waals surface area contributed by atoms with Gasteiger partial charge in [0.05, 0.1) is 15.5 Å². The summed E-state index contributed by atoms with van der Waals surface area (Å²) in [6.07, 6.45) is 3.93. The Kier molecular flexibility index (Phi) is 8.81. The normalized spacial score (nSPS) is 21.3. The lowest BCUT2D eigenvalue weighted by Gasteiger charge is -2.41. The second kappa shape index (κ2) is 11.2. The number of carboxylic acid groups (broad SMARTS) is 1. The van der Waals surface area contributed by atoms with Gasteiger partial charge in [-0.2, -0.15) is 10.6 Å². The molecule has 0 saturated heterocycles. The second-order valence-electron chi connectivity index (χ2n) is 8.83. The van der Waals surface area contributed by atoms with Crippen LogP contribution in [0.25, 0.3) is 0 Å². The third-order valence-corrected chi connectivity index (χ3v) is 9.25. The number of benzene rings is 2. The summed E-state index contributed by atoms with van der Waals surface area (Å²) in [5.41, 5.74) is 1.40. The summed E-state index contributed by atoms with van der Waals surface area (Å²) >= 11 is 1.42. The predicted octanol–water partition coefficient (Wildman–Crippen LogP) is 6.08. The average Bonchev–Trinajstić information content (AvgIpc) is 2.93. The third kappa shape index (κ3) is 5.83. The number of hydrogen-bond acceptors (Lipinski definition) is 7. The van der Waals surface area contributed by atoms with Gasteiger partial charge >= 0.3 is 5.97 Å². The number of anilines is 2. The Balaban J connectivity index is 2.16. The van der Waals surface area contributed by atoms with E-state index in [-0.39, 0.29) is 11.2 Å². The molecule has 188 valence electrons. The van der Waals surface area contributed by atoms with E-state index in [0.29, 0.717) is 22.9 Å². The van der Waals surface area contributed by atoms with Crippen molar-refractivity contribution in [2.24, 2.45) is 5.41 Å². The first-order valence-electron chi connectivity index (χ1n) is 11.5. The van der Waals surface area contributed by atoms with Crippen LogP contribution in [0.1, 0.15) is 39.5 Å². The standard InChI is InChI=1S/C25H35NO6S2/c1-4-6-12-25(5-2)16-26(18-10-8-7-9-11-18)19-13-22(33-3)21(32-15-20(27)24(28)29)14-23(19)34(30,31)17-25/h7-11,13-14,20,27,30-31H,4-6,12,15-17H2,1-3H3,(H,28,29)/t20-,25+/m0/s1. The van der Waals surface area contributed by atoms with E-state index in [1.54, 1.807) is 6.07 Å². The van der Waals surface area contributed by atoms with Crippen LogP contribution in [-0.2, 0) is 4.79 Å². The zero-order valence-corrected chi connectivity index (χ0v) is 21.6. The van der Waals surface area contributed by atoms with Gasteiger partial charge in [0.1, 0.15) is 12.4 Å². The molecule has 0 fully saturated rings. The van der Waals surface area contributed by atoms with Crippen LogP contribution in [0.4, 0.5) is 11.4 Å². The van der Waals surface area contributed by atoms with Crippen LogP contribution < -0.4 is 9.64 Å². The average molecular weight is 510 g/mol. The van der Waals surface area contributed by atoms with Crippen LogP contribution in [0.15, 0.2) is 52.3 Å². The van der Waals surface area contributed by atoms with Crippen molar-refractivity contribution in [3.63, 3.8) is 0 Å². The summed E-state index contributed by atoms with van der Waals surface area (Å²) < 4.78 is 28.7. The number of fused-ring (bicyclic) bond motifs is 1. The number of nitrogens with zero attached hydrogens (tertiary/aromatic N) is 1. The Morgan fingerprint density at radius 1 is 1.24 bits per heavy atom. The Labute approximate surface area is 207 Å². The Morgan fingerprint density at radius 3 is 2.53 bits per heavy atom. The minimum Gasteiger partial charge on any atom is -0.489 e. The number of carbonyl (C=O) groups is 1. The van der Waals surface area contributed by atoms with E-state index in [4.69, 9.17) is 9.84 Å². The largest absolute Gasteiger partial charge is 0.489 e. The summed E-state index contributed by atoms with van der Waals surface area (Å²) in [4.78, 5) is 14.3. The molecule has 2 atom stereocenters. The van der Waals surface area contributed by atoms with Crippen molar-refractivity contribution in [2.75, 3.05) is 30.1 Å². The molecule has 9 heteroatoms. The summed E-state index contributed by atoms with van der Waals surface area (Å²) in [6.45, 7) is 4.47. The van der Waals surface area contributed by atoms with Gasteiger partial charge in [-0.05, 0) is 37.3 Å². The van der Waals surface area contributed by atoms with Crippen LogP contribution in [0.5, 0.6) is 5.75 Å². The van der Waals surface area contributed by atoms with Crippen LogP contribution in [0.2, 0.25) is 0 Å². The summed E-state index contributed by atoms with van der Waals surface area (Å²) in [5.74, 6) is -0.788. The van der Waals surface area contributed by atoms with E-state index in [1.807, 2.05) is 42.7 Å². The van der Waals surface area contributed by atoms with Crippen LogP contribution in [0, 0.1) is 5.41 Å². The van der Waals surface area contributed by atoms with Crippen molar-refractivity contribution in [2.45, 2.75) is 55.4 Å². The molecular weight excluding hydrogens is 474 g/mol. The highest BCUT2D eigenvalue weighted by Gasteiger charge is 2.42. The minimum atomic E-state index is -3.18. The summed E-state index contributed by atoms with van der Waals surface area (Å²) in [6, 6.07) is 13.4. The Hall–Kier alpha value is -1.91. The van der Waals surface area contributed by atoms with Crippen LogP contribution in [-0.4, -0.2) is 56.6 Å². The van der Waals surface area contributed by atoms with Crippen molar-refractivity contribution in [1.29, 1.82) is 0 Å². The monoisotopic (exact) mass is 509 g/mol. The lowest BCUT2D eigenvalue weighted by molar-refractivity contribution is -0.148. The molecule has 0 amide bonds. The Morgan fingerprint density at radius 2 is 1.94 bits per heavy atom. The maximum atomic E-state index is 11.5. The zero-order chi connectivity index (χ0) is 24.9. The molecule has 3 rings (SSSR count). The fourth-order valence-electron chi connectivity index (χ4n) is 4.42. The smallest absolute Gasteiger partial charge is 0.336 e. The number of rotatable bonds is 10. The van der Waals surface area contributed by atoms with E-state index in [0.717, 1.165) is 36.3 Å². The highest BCUT2D eigenvalue weighted by molar-refractivity contribution is 8.24. The zero-order valence-electron chi connectivity index (χ0n) is 19.9. The quantitative estimate of drug-likeness (QED) is 0.285. The molecule has 0 unspecified atom stereocenters. The number of para-hydroxylation sites is 1. The second-order valence-corrected chi connectivity index (χ2v) is 11.7. The first kappa shape index (κ1) is 26.7. The molecule has 4 N–H and O–H groups in total. The number of aliphatic hydroxyl groups excluding tert-OH is 1. The molecule has 0 saturated carbocycles. The molecule has 1 aliphatic rings. The van der Waals surface area contributed by atoms with Gasteiger partial charge in [-0.3, -0.25) is 9.11 Å².